The van der Waals surface area contributed by atoms with E-state index in [0.717, 1.165) is 25.9 Å². The predicted molar refractivity (Wildman–Crippen MR) is 76.2 cm³/mol. The molecule has 2 rings (SSSR count). The van der Waals surface area contributed by atoms with Gasteiger partial charge in [0.1, 0.15) is 6.04 Å². The van der Waals surface area contributed by atoms with Crippen LogP contribution in [-0.2, 0) is 14.3 Å². The molecule has 2 saturated heterocycles. The molecule has 5 nitrogen and oxygen atoms in total. The normalized spacial score (nSPS) is 30.9. The van der Waals surface area contributed by atoms with Gasteiger partial charge in [-0.1, -0.05) is 20.3 Å². The van der Waals surface area contributed by atoms with Crippen LogP contribution in [0.5, 0.6) is 0 Å². The average molecular weight is 282 g/mol. The second-order valence-corrected chi connectivity index (χ2v) is 6.00. The molecule has 0 aliphatic carbocycles. The number of ether oxygens (including phenoxy) is 1. The van der Waals surface area contributed by atoms with Gasteiger partial charge < -0.3 is 15.0 Å². The topological polar surface area (TPSA) is 58.6 Å². The smallest absolute Gasteiger partial charge is 0.245 e. The van der Waals surface area contributed by atoms with Crippen molar-refractivity contribution in [2.45, 2.75) is 64.6 Å². The first kappa shape index (κ1) is 15.3. The minimum absolute atomic E-state index is 0.0225. The van der Waals surface area contributed by atoms with Crippen molar-refractivity contribution in [3.05, 3.63) is 0 Å². The Hall–Kier alpha value is -1.10. The molecule has 4 unspecified atom stereocenters. The maximum Gasteiger partial charge on any atom is 0.245 e. The van der Waals surface area contributed by atoms with Gasteiger partial charge in [-0.3, -0.25) is 9.59 Å². The van der Waals surface area contributed by atoms with Crippen LogP contribution in [0.25, 0.3) is 0 Å². The van der Waals surface area contributed by atoms with Crippen LogP contribution in [0, 0.1) is 5.92 Å². The molecule has 1 N–H and O–H groups in total. The lowest BCUT2D eigenvalue weighted by molar-refractivity contribution is -0.139. The summed E-state index contributed by atoms with van der Waals surface area (Å²) < 4.78 is 5.71. The number of carbonyl (C=O) groups excluding carboxylic acids is 2. The number of hydrogen-bond donors (Lipinski definition) is 1. The third kappa shape index (κ3) is 3.14. The van der Waals surface area contributed by atoms with Gasteiger partial charge in [-0.25, -0.2) is 0 Å². The lowest BCUT2D eigenvalue weighted by Crippen LogP contribution is -2.53. The van der Waals surface area contributed by atoms with Gasteiger partial charge in [-0.2, -0.15) is 0 Å². The fourth-order valence-electron chi connectivity index (χ4n) is 3.03. The first-order chi connectivity index (χ1) is 9.54. The highest BCUT2D eigenvalue weighted by atomic mass is 16.5. The predicted octanol–water partition coefficient (Wildman–Crippen LogP) is 1.32. The van der Waals surface area contributed by atoms with Crippen molar-refractivity contribution < 1.29 is 14.3 Å². The molecule has 2 aliphatic heterocycles. The highest BCUT2D eigenvalue weighted by Crippen LogP contribution is 2.23. The zero-order valence-electron chi connectivity index (χ0n) is 12.7. The van der Waals surface area contributed by atoms with E-state index in [4.69, 9.17) is 4.74 Å². The number of amides is 2. The summed E-state index contributed by atoms with van der Waals surface area (Å²) in [5, 5.41) is 2.88. The summed E-state index contributed by atoms with van der Waals surface area (Å²) in [6.45, 7) is 7.38. The Kier molecular flexibility index (Phi) is 5.02. The van der Waals surface area contributed by atoms with Crippen molar-refractivity contribution in [3.8, 4) is 0 Å². The SMILES string of the molecule is CCC(C)C1NC(=O)CCN(C(C)C2CCCO2)C1=O. The van der Waals surface area contributed by atoms with Gasteiger partial charge in [-0.05, 0) is 25.7 Å². The minimum atomic E-state index is -0.390. The molecule has 0 spiro atoms. The Morgan fingerprint density at radius 1 is 1.40 bits per heavy atom. The molecule has 2 fully saturated rings. The van der Waals surface area contributed by atoms with Crippen LogP contribution in [0.4, 0.5) is 0 Å². The van der Waals surface area contributed by atoms with E-state index in [1.165, 1.54) is 0 Å². The summed E-state index contributed by atoms with van der Waals surface area (Å²) in [4.78, 5) is 26.4. The summed E-state index contributed by atoms with van der Waals surface area (Å²) >= 11 is 0. The second kappa shape index (κ2) is 6.57. The maximum absolute atomic E-state index is 12.7. The highest BCUT2D eigenvalue weighted by molar-refractivity contribution is 5.90. The van der Waals surface area contributed by atoms with Gasteiger partial charge in [-0.15, -0.1) is 0 Å². The molecule has 0 radical (unpaired) electrons. The molecule has 2 heterocycles. The summed E-state index contributed by atoms with van der Waals surface area (Å²) in [5.41, 5.74) is 0. The standard InChI is InChI=1S/C15H26N2O3/c1-4-10(2)14-15(19)17(8-7-13(18)16-14)11(3)12-6-5-9-20-12/h10-12,14H,4-9H2,1-3H3,(H,16,18). The van der Waals surface area contributed by atoms with E-state index in [9.17, 15) is 9.59 Å². The van der Waals surface area contributed by atoms with Crippen LogP contribution in [0.15, 0.2) is 0 Å². The van der Waals surface area contributed by atoms with E-state index >= 15 is 0 Å². The first-order valence-corrected chi connectivity index (χ1v) is 7.76. The van der Waals surface area contributed by atoms with E-state index in [1.54, 1.807) is 0 Å². The highest BCUT2D eigenvalue weighted by Gasteiger charge is 2.38. The van der Waals surface area contributed by atoms with Crippen LogP contribution in [-0.4, -0.2) is 48.1 Å². The van der Waals surface area contributed by atoms with E-state index in [0.29, 0.717) is 13.0 Å². The molecule has 5 heteroatoms. The number of carbonyl (C=O) groups is 2. The Balaban J connectivity index is 2.13. The lowest BCUT2D eigenvalue weighted by atomic mass is 9.97. The van der Waals surface area contributed by atoms with Crippen LogP contribution < -0.4 is 5.32 Å². The number of hydrogen-bond acceptors (Lipinski definition) is 3. The molecular formula is C15H26N2O3. The Bertz CT molecular complexity index is 366. The number of nitrogens with zero attached hydrogens (tertiary/aromatic N) is 1. The first-order valence-electron chi connectivity index (χ1n) is 7.76. The van der Waals surface area contributed by atoms with E-state index in [-0.39, 0.29) is 35.9 Å². The fraction of sp³-hybridized carbons (Fsp3) is 0.867. The van der Waals surface area contributed by atoms with Gasteiger partial charge in [0.25, 0.3) is 0 Å². The Morgan fingerprint density at radius 3 is 2.75 bits per heavy atom. The minimum Gasteiger partial charge on any atom is -0.376 e. The Morgan fingerprint density at radius 2 is 2.15 bits per heavy atom. The molecule has 0 aromatic rings. The third-order valence-electron chi connectivity index (χ3n) is 4.65. The average Bonchev–Trinajstić information content (AvgIpc) is 2.93. The second-order valence-electron chi connectivity index (χ2n) is 6.00. The fourth-order valence-corrected chi connectivity index (χ4v) is 3.03. The van der Waals surface area contributed by atoms with E-state index in [1.807, 2.05) is 25.7 Å². The van der Waals surface area contributed by atoms with Crippen molar-refractivity contribution in [2.24, 2.45) is 5.92 Å². The Labute approximate surface area is 121 Å². The zero-order chi connectivity index (χ0) is 14.7. The molecular weight excluding hydrogens is 256 g/mol. The van der Waals surface area contributed by atoms with Crippen LogP contribution >= 0.6 is 0 Å². The van der Waals surface area contributed by atoms with Crippen LogP contribution in [0.1, 0.15) is 46.5 Å². The van der Waals surface area contributed by atoms with Crippen molar-refractivity contribution >= 4 is 11.8 Å². The monoisotopic (exact) mass is 282 g/mol. The number of rotatable bonds is 4. The lowest BCUT2D eigenvalue weighted by Gasteiger charge is -2.34. The van der Waals surface area contributed by atoms with Crippen molar-refractivity contribution in [2.75, 3.05) is 13.2 Å². The van der Waals surface area contributed by atoms with Gasteiger partial charge in [0.05, 0.1) is 12.1 Å². The maximum atomic E-state index is 12.7. The summed E-state index contributed by atoms with van der Waals surface area (Å²) in [6.07, 6.45) is 3.43. The number of nitrogens with one attached hydrogen (secondary N) is 1. The molecule has 20 heavy (non-hydrogen) atoms. The summed E-state index contributed by atoms with van der Waals surface area (Å²) in [7, 11) is 0. The van der Waals surface area contributed by atoms with Crippen LogP contribution in [0.3, 0.4) is 0 Å². The van der Waals surface area contributed by atoms with E-state index < -0.39 is 0 Å². The van der Waals surface area contributed by atoms with Gasteiger partial charge >= 0.3 is 0 Å². The largest absolute Gasteiger partial charge is 0.376 e. The van der Waals surface area contributed by atoms with Crippen LogP contribution in [0.2, 0.25) is 0 Å². The molecule has 0 aromatic heterocycles. The molecule has 114 valence electrons. The van der Waals surface area contributed by atoms with E-state index in [2.05, 4.69) is 5.32 Å². The van der Waals surface area contributed by atoms with Gasteiger partial charge in [0, 0.05) is 19.6 Å². The zero-order valence-corrected chi connectivity index (χ0v) is 12.7. The quantitative estimate of drug-likeness (QED) is 0.846. The summed E-state index contributed by atoms with van der Waals surface area (Å²) in [5.74, 6) is 0.183. The molecule has 2 aliphatic rings. The van der Waals surface area contributed by atoms with Crippen molar-refractivity contribution in [1.29, 1.82) is 0 Å². The van der Waals surface area contributed by atoms with Gasteiger partial charge in [0.15, 0.2) is 0 Å². The molecule has 2 amide bonds. The van der Waals surface area contributed by atoms with Gasteiger partial charge in [0.2, 0.25) is 11.8 Å². The molecule has 4 atom stereocenters. The molecule has 0 saturated carbocycles. The third-order valence-corrected chi connectivity index (χ3v) is 4.65. The van der Waals surface area contributed by atoms with Crippen molar-refractivity contribution in [3.63, 3.8) is 0 Å². The molecule has 0 aromatic carbocycles. The molecule has 0 bridgehead atoms. The van der Waals surface area contributed by atoms with Crippen molar-refractivity contribution in [1.82, 2.24) is 10.2 Å². The summed E-state index contributed by atoms with van der Waals surface area (Å²) in [6, 6.07) is -0.344.